The molecule has 8 nitrogen and oxygen atoms in total. The molecular weight excluding hydrogens is 486 g/mol. The average molecular weight is 520 g/mol. The molecule has 1 aromatic carbocycles. The Morgan fingerprint density at radius 2 is 2.08 bits per heavy atom. The van der Waals surface area contributed by atoms with Crippen LogP contribution in [0, 0.1) is 0 Å². The number of aryl methyl sites for hydroxylation is 1. The number of rotatable bonds is 9. The third kappa shape index (κ3) is 5.46. The number of carbonyl (C=O) groups is 2. The molecule has 194 valence electrons. The molecule has 0 saturated heterocycles. The third-order valence-electron chi connectivity index (χ3n) is 6.74. The van der Waals surface area contributed by atoms with E-state index < -0.39 is 0 Å². The van der Waals surface area contributed by atoms with Gasteiger partial charge in [0.15, 0.2) is 10.9 Å². The molecule has 0 aliphatic carbocycles. The summed E-state index contributed by atoms with van der Waals surface area (Å²) < 4.78 is 7.90. The molecule has 9 heteroatoms. The zero-order valence-electron chi connectivity index (χ0n) is 21.7. The number of allylic oxidation sites excluding steroid dienone is 1. The number of thiazole rings is 1. The maximum absolute atomic E-state index is 12.6. The first-order chi connectivity index (χ1) is 17.7. The van der Waals surface area contributed by atoms with E-state index in [-0.39, 0.29) is 17.2 Å². The van der Waals surface area contributed by atoms with Crippen LogP contribution in [0.15, 0.2) is 42.7 Å². The number of unbranched alkanes of at least 4 members (excludes halogenated alkanes) is 2. The lowest BCUT2D eigenvalue weighted by Gasteiger charge is -2.29. The normalized spacial score (nSPS) is 16.0. The van der Waals surface area contributed by atoms with Crippen molar-refractivity contribution in [1.29, 1.82) is 0 Å². The minimum absolute atomic E-state index is 0.0490. The zero-order valence-corrected chi connectivity index (χ0v) is 22.5. The minimum Gasteiger partial charge on any atom is -0.490 e. The van der Waals surface area contributed by atoms with Gasteiger partial charge in [-0.3, -0.25) is 14.3 Å². The number of amides is 1. The molecule has 3 aromatic rings. The highest BCUT2D eigenvalue weighted by Crippen LogP contribution is 2.42. The first-order valence-electron chi connectivity index (χ1n) is 12.8. The number of Topliss-reactive ketones (excluding diaryl/α,β-unsaturated/α-hetero) is 1. The van der Waals surface area contributed by atoms with Gasteiger partial charge in [0.05, 0.1) is 24.1 Å². The van der Waals surface area contributed by atoms with Crippen LogP contribution >= 0.6 is 11.3 Å². The van der Waals surface area contributed by atoms with Crippen LogP contribution in [0.2, 0.25) is 0 Å². The summed E-state index contributed by atoms with van der Waals surface area (Å²) in [6.07, 6.45) is 8.04. The fourth-order valence-electron chi connectivity index (χ4n) is 4.76. The largest absolute Gasteiger partial charge is 0.490 e. The summed E-state index contributed by atoms with van der Waals surface area (Å²) in [6.45, 7) is 11.6. The Balaban J connectivity index is 1.30. The highest BCUT2D eigenvalue weighted by molar-refractivity contribution is 7.17. The Labute approximate surface area is 221 Å². The van der Waals surface area contributed by atoms with E-state index in [0.29, 0.717) is 36.4 Å². The van der Waals surface area contributed by atoms with Crippen LogP contribution in [0.3, 0.4) is 0 Å². The molecular formula is C28H33N5O3S. The van der Waals surface area contributed by atoms with E-state index in [9.17, 15) is 9.59 Å². The lowest BCUT2D eigenvalue weighted by Crippen LogP contribution is -2.48. The lowest BCUT2D eigenvalue weighted by molar-refractivity contribution is -0.115. The van der Waals surface area contributed by atoms with Gasteiger partial charge >= 0.3 is 0 Å². The summed E-state index contributed by atoms with van der Waals surface area (Å²) in [5.74, 6) is 0.911. The summed E-state index contributed by atoms with van der Waals surface area (Å²) in [5, 5.41) is 8.44. The molecule has 37 heavy (non-hydrogen) atoms. The molecule has 0 radical (unpaired) electrons. The van der Waals surface area contributed by atoms with E-state index in [1.807, 2.05) is 30.8 Å². The summed E-state index contributed by atoms with van der Waals surface area (Å²) >= 11 is 1.44. The van der Waals surface area contributed by atoms with Gasteiger partial charge in [-0.05, 0) is 56.9 Å². The second-order valence-electron chi connectivity index (χ2n) is 10.5. The fraction of sp³-hybridized carbons (Fsp3) is 0.429. The first kappa shape index (κ1) is 25.2. The monoisotopic (exact) mass is 519 g/mol. The van der Waals surface area contributed by atoms with Crippen molar-refractivity contribution in [2.24, 2.45) is 0 Å². The predicted octanol–water partition coefficient (Wildman–Crippen LogP) is 5.31. The topological polar surface area (TPSA) is 89.4 Å². The molecule has 0 fully saturated rings. The molecule has 4 heterocycles. The van der Waals surface area contributed by atoms with E-state index in [1.54, 1.807) is 6.92 Å². The summed E-state index contributed by atoms with van der Waals surface area (Å²) in [6, 6.07) is 6.16. The van der Waals surface area contributed by atoms with Gasteiger partial charge < -0.3 is 15.0 Å². The molecule has 1 N–H and O–H groups in total. The maximum Gasteiger partial charge on any atom is 0.263 e. The van der Waals surface area contributed by atoms with Gasteiger partial charge in [-0.25, -0.2) is 4.98 Å². The summed E-state index contributed by atoms with van der Waals surface area (Å²) in [5.41, 5.74) is 4.23. The van der Waals surface area contributed by atoms with Crippen LogP contribution in [0.4, 0.5) is 10.8 Å². The Morgan fingerprint density at radius 3 is 2.89 bits per heavy atom. The number of hydrogen-bond acceptors (Lipinski definition) is 7. The molecule has 0 unspecified atom stereocenters. The van der Waals surface area contributed by atoms with Crippen LogP contribution in [0.25, 0.3) is 11.1 Å². The van der Waals surface area contributed by atoms with Crippen molar-refractivity contribution in [3.8, 4) is 16.9 Å². The summed E-state index contributed by atoms with van der Waals surface area (Å²) in [7, 11) is 0. The Bertz CT molecular complexity index is 1360. The number of ketones is 1. The van der Waals surface area contributed by atoms with Crippen molar-refractivity contribution in [2.75, 3.05) is 18.1 Å². The van der Waals surface area contributed by atoms with Gasteiger partial charge in [0.25, 0.3) is 5.91 Å². The SMILES string of the molecule is C=C(C)C(=O)CCCCCn1cc(-c2ccc3c(c2)N(c2nc4c(s2)C(=O)NC(C)(C)C4)CCO3)cn1. The standard InChI is InChI=1S/C28H33N5O3S/c1-18(2)23(34)8-6-5-7-11-32-17-20(16-29-32)19-9-10-24-22(14-19)33(12-13-36-24)27-30-21-15-28(3,4)31-26(35)25(21)37-27/h9-10,14,16-17H,1,5-8,11-13,15H2,2-4H3,(H,31,35). The van der Waals surface area contributed by atoms with Gasteiger partial charge in [-0.1, -0.05) is 30.4 Å². The quantitative estimate of drug-likeness (QED) is 0.305. The fourth-order valence-corrected chi connectivity index (χ4v) is 5.78. The van der Waals surface area contributed by atoms with Crippen molar-refractivity contribution in [3.63, 3.8) is 0 Å². The lowest BCUT2D eigenvalue weighted by atomic mass is 9.94. The van der Waals surface area contributed by atoms with Crippen molar-refractivity contribution in [1.82, 2.24) is 20.1 Å². The number of benzene rings is 1. The van der Waals surface area contributed by atoms with Crippen molar-refractivity contribution >= 4 is 33.8 Å². The molecule has 0 saturated carbocycles. The molecule has 0 atom stereocenters. The van der Waals surface area contributed by atoms with E-state index in [0.717, 1.165) is 59.2 Å². The van der Waals surface area contributed by atoms with E-state index in [4.69, 9.17) is 9.72 Å². The Hall–Kier alpha value is -3.46. The number of fused-ring (bicyclic) bond motifs is 2. The number of hydrogen-bond donors (Lipinski definition) is 1. The minimum atomic E-state index is -0.298. The van der Waals surface area contributed by atoms with Gasteiger partial charge in [0.1, 0.15) is 17.2 Å². The Morgan fingerprint density at radius 1 is 1.24 bits per heavy atom. The predicted molar refractivity (Wildman–Crippen MR) is 146 cm³/mol. The zero-order chi connectivity index (χ0) is 26.2. The van der Waals surface area contributed by atoms with Gasteiger partial charge in [0.2, 0.25) is 0 Å². The molecule has 2 aromatic heterocycles. The van der Waals surface area contributed by atoms with Crippen molar-refractivity contribution in [2.45, 2.75) is 65.0 Å². The third-order valence-corrected chi connectivity index (χ3v) is 7.86. The van der Waals surface area contributed by atoms with Crippen molar-refractivity contribution < 1.29 is 14.3 Å². The van der Waals surface area contributed by atoms with Crippen molar-refractivity contribution in [3.05, 3.63) is 53.3 Å². The molecule has 0 bridgehead atoms. The number of nitrogens with zero attached hydrogens (tertiary/aromatic N) is 4. The van der Waals surface area contributed by atoms with E-state index in [2.05, 4.69) is 40.2 Å². The second-order valence-corrected chi connectivity index (χ2v) is 11.5. The Kier molecular flexibility index (Phi) is 6.90. The first-order valence-corrected chi connectivity index (χ1v) is 13.6. The number of anilines is 2. The number of ether oxygens (including phenoxy) is 1. The molecule has 0 spiro atoms. The number of aromatic nitrogens is 3. The maximum atomic E-state index is 12.6. The number of carbonyl (C=O) groups excluding carboxylic acids is 2. The van der Waals surface area contributed by atoms with Gasteiger partial charge in [0, 0.05) is 36.7 Å². The van der Waals surface area contributed by atoms with Crippen LogP contribution in [0.1, 0.15) is 61.8 Å². The molecule has 1 amide bonds. The molecule has 5 rings (SSSR count). The van der Waals surface area contributed by atoms with E-state index in [1.165, 1.54) is 11.3 Å². The van der Waals surface area contributed by atoms with Crippen LogP contribution in [-0.2, 0) is 17.8 Å². The average Bonchev–Trinajstić information content (AvgIpc) is 3.49. The summed E-state index contributed by atoms with van der Waals surface area (Å²) in [4.78, 5) is 32.1. The van der Waals surface area contributed by atoms with Gasteiger partial charge in [-0.15, -0.1) is 0 Å². The highest BCUT2D eigenvalue weighted by atomic mass is 32.1. The van der Waals surface area contributed by atoms with Crippen LogP contribution < -0.4 is 15.0 Å². The van der Waals surface area contributed by atoms with Gasteiger partial charge in [-0.2, -0.15) is 5.10 Å². The number of nitrogens with one attached hydrogen (secondary N) is 1. The van der Waals surface area contributed by atoms with Crippen LogP contribution in [-0.4, -0.2) is 45.1 Å². The molecule has 2 aliphatic rings. The van der Waals surface area contributed by atoms with Crippen LogP contribution in [0.5, 0.6) is 5.75 Å². The molecule has 2 aliphatic heterocycles. The second kappa shape index (κ2) is 10.1. The van der Waals surface area contributed by atoms with E-state index >= 15 is 0 Å². The smallest absolute Gasteiger partial charge is 0.263 e. The highest BCUT2D eigenvalue weighted by Gasteiger charge is 2.34.